The van der Waals surface area contributed by atoms with Gasteiger partial charge in [-0.3, -0.25) is 0 Å². The number of aromatic nitrogens is 2. The summed E-state index contributed by atoms with van der Waals surface area (Å²) >= 11 is 0. The second kappa shape index (κ2) is 3.92. The molecular formula is C10H18N2O. The SMILES string of the molecule is CCc1nccn1CCC(C)(C)O. The van der Waals surface area contributed by atoms with Crippen molar-refractivity contribution >= 4 is 0 Å². The molecule has 0 saturated carbocycles. The zero-order valence-electron chi connectivity index (χ0n) is 8.62. The number of imidazole rings is 1. The Morgan fingerprint density at radius 2 is 2.23 bits per heavy atom. The Balaban J connectivity index is 2.54. The molecule has 13 heavy (non-hydrogen) atoms. The Labute approximate surface area is 79.4 Å². The van der Waals surface area contributed by atoms with Gasteiger partial charge >= 0.3 is 0 Å². The summed E-state index contributed by atoms with van der Waals surface area (Å²) in [6.45, 7) is 6.58. The van der Waals surface area contributed by atoms with Crippen molar-refractivity contribution in [1.82, 2.24) is 9.55 Å². The highest BCUT2D eigenvalue weighted by Crippen LogP contribution is 2.10. The first kappa shape index (κ1) is 10.3. The van der Waals surface area contributed by atoms with Gasteiger partial charge in [0.25, 0.3) is 0 Å². The zero-order valence-corrected chi connectivity index (χ0v) is 8.62. The maximum absolute atomic E-state index is 9.55. The summed E-state index contributed by atoms with van der Waals surface area (Å²) in [7, 11) is 0. The van der Waals surface area contributed by atoms with Gasteiger partial charge in [0.15, 0.2) is 0 Å². The van der Waals surface area contributed by atoms with E-state index in [2.05, 4.69) is 16.5 Å². The smallest absolute Gasteiger partial charge is 0.108 e. The third-order valence-corrected chi connectivity index (χ3v) is 2.08. The monoisotopic (exact) mass is 182 g/mol. The van der Waals surface area contributed by atoms with Gasteiger partial charge in [0.05, 0.1) is 5.60 Å². The molecule has 0 aliphatic rings. The van der Waals surface area contributed by atoms with Gasteiger partial charge < -0.3 is 9.67 Å². The van der Waals surface area contributed by atoms with E-state index in [-0.39, 0.29) is 0 Å². The topological polar surface area (TPSA) is 38.0 Å². The molecule has 1 N–H and O–H groups in total. The van der Waals surface area contributed by atoms with Crippen molar-refractivity contribution < 1.29 is 5.11 Å². The number of hydrogen-bond acceptors (Lipinski definition) is 2. The third kappa shape index (κ3) is 3.19. The van der Waals surface area contributed by atoms with Crippen molar-refractivity contribution in [1.29, 1.82) is 0 Å². The summed E-state index contributed by atoms with van der Waals surface area (Å²) in [6, 6.07) is 0. The van der Waals surface area contributed by atoms with Crippen molar-refractivity contribution in [2.75, 3.05) is 0 Å². The minimum Gasteiger partial charge on any atom is -0.390 e. The summed E-state index contributed by atoms with van der Waals surface area (Å²) in [6.07, 6.45) is 5.48. The molecule has 0 saturated heterocycles. The maximum Gasteiger partial charge on any atom is 0.108 e. The highest BCUT2D eigenvalue weighted by atomic mass is 16.3. The van der Waals surface area contributed by atoms with Crippen LogP contribution < -0.4 is 0 Å². The second-order valence-electron chi connectivity index (χ2n) is 3.95. The van der Waals surface area contributed by atoms with Gasteiger partial charge in [-0.05, 0) is 20.3 Å². The molecular weight excluding hydrogens is 164 g/mol. The first-order valence-electron chi connectivity index (χ1n) is 4.75. The van der Waals surface area contributed by atoms with E-state index in [0.717, 1.165) is 25.2 Å². The predicted molar refractivity (Wildman–Crippen MR) is 52.5 cm³/mol. The van der Waals surface area contributed by atoms with Crippen molar-refractivity contribution in [3.63, 3.8) is 0 Å². The largest absolute Gasteiger partial charge is 0.390 e. The van der Waals surface area contributed by atoms with Gasteiger partial charge in [0.1, 0.15) is 5.82 Å². The van der Waals surface area contributed by atoms with E-state index in [9.17, 15) is 5.11 Å². The van der Waals surface area contributed by atoms with E-state index < -0.39 is 5.60 Å². The van der Waals surface area contributed by atoms with E-state index in [4.69, 9.17) is 0 Å². The number of rotatable bonds is 4. The van der Waals surface area contributed by atoms with E-state index in [1.165, 1.54) is 0 Å². The van der Waals surface area contributed by atoms with Crippen LogP contribution in [0.3, 0.4) is 0 Å². The number of nitrogens with zero attached hydrogens (tertiary/aromatic N) is 2. The highest BCUT2D eigenvalue weighted by molar-refractivity contribution is 4.91. The molecule has 0 aromatic carbocycles. The van der Waals surface area contributed by atoms with Crippen molar-refractivity contribution in [3.05, 3.63) is 18.2 Å². The van der Waals surface area contributed by atoms with Crippen LogP contribution in [-0.4, -0.2) is 20.3 Å². The number of hydrogen-bond donors (Lipinski definition) is 1. The van der Waals surface area contributed by atoms with Crippen LogP contribution in [0.5, 0.6) is 0 Å². The van der Waals surface area contributed by atoms with Crippen LogP contribution in [0.25, 0.3) is 0 Å². The molecule has 3 nitrogen and oxygen atoms in total. The van der Waals surface area contributed by atoms with Crippen molar-refractivity contribution in [2.45, 2.75) is 45.8 Å². The average molecular weight is 182 g/mol. The Morgan fingerprint density at radius 3 is 2.77 bits per heavy atom. The summed E-state index contributed by atoms with van der Waals surface area (Å²) in [5.74, 6) is 1.09. The maximum atomic E-state index is 9.55. The van der Waals surface area contributed by atoms with Crippen molar-refractivity contribution in [2.24, 2.45) is 0 Å². The fraction of sp³-hybridized carbons (Fsp3) is 0.700. The molecule has 1 aromatic heterocycles. The second-order valence-corrected chi connectivity index (χ2v) is 3.95. The van der Waals surface area contributed by atoms with Gasteiger partial charge in [0, 0.05) is 25.4 Å². The Kier molecular flexibility index (Phi) is 3.09. The minimum atomic E-state index is -0.588. The van der Waals surface area contributed by atoms with Crippen LogP contribution >= 0.6 is 0 Å². The molecule has 0 aliphatic carbocycles. The summed E-state index contributed by atoms with van der Waals surface area (Å²) in [5, 5.41) is 9.55. The van der Waals surface area contributed by atoms with E-state index >= 15 is 0 Å². The van der Waals surface area contributed by atoms with Crippen molar-refractivity contribution in [3.8, 4) is 0 Å². The Hall–Kier alpha value is -0.830. The fourth-order valence-electron chi connectivity index (χ4n) is 1.25. The molecule has 0 radical (unpaired) electrons. The van der Waals surface area contributed by atoms with Gasteiger partial charge in [-0.15, -0.1) is 0 Å². The molecule has 0 amide bonds. The molecule has 0 bridgehead atoms. The first-order chi connectivity index (χ1) is 6.03. The quantitative estimate of drug-likeness (QED) is 0.768. The summed E-state index contributed by atoms with van der Waals surface area (Å²) < 4.78 is 2.10. The molecule has 1 aromatic rings. The van der Waals surface area contributed by atoms with Crippen LogP contribution in [-0.2, 0) is 13.0 Å². The number of aryl methyl sites for hydroxylation is 2. The molecule has 3 heteroatoms. The Morgan fingerprint density at radius 1 is 1.54 bits per heavy atom. The van der Waals surface area contributed by atoms with E-state index in [0.29, 0.717) is 0 Å². The zero-order chi connectivity index (χ0) is 9.90. The summed E-state index contributed by atoms with van der Waals surface area (Å²) in [5.41, 5.74) is -0.588. The molecule has 1 rings (SSSR count). The molecule has 0 fully saturated rings. The van der Waals surface area contributed by atoms with E-state index in [1.807, 2.05) is 26.2 Å². The highest BCUT2D eigenvalue weighted by Gasteiger charge is 2.12. The lowest BCUT2D eigenvalue weighted by Crippen LogP contribution is -2.21. The normalized spacial score (nSPS) is 12.0. The molecule has 0 unspecified atom stereocenters. The van der Waals surface area contributed by atoms with Gasteiger partial charge in [-0.2, -0.15) is 0 Å². The summed E-state index contributed by atoms with van der Waals surface area (Å²) in [4.78, 5) is 4.22. The molecule has 0 aliphatic heterocycles. The van der Waals surface area contributed by atoms with Crippen LogP contribution in [0, 0.1) is 0 Å². The number of aliphatic hydroxyl groups is 1. The molecule has 0 atom stereocenters. The molecule has 74 valence electrons. The lowest BCUT2D eigenvalue weighted by molar-refractivity contribution is 0.0660. The van der Waals surface area contributed by atoms with Gasteiger partial charge in [0.2, 0.25) is 0 Å². The average Bonchev–Trinajstić information content (AvgIpc) is 2.46. The standard InChI is InChI=1S/C10H18N2O/c1-4-9-11-6-8-12(9)7-5-10(2,3)13/h6,8,13H,4-5,7H2,1-3H3. The first-order valence-corrected chi connectivity index (χ1v) is 4.75. The predicted octanol–water partition coefficient (Wildman–Crippen LogP) is 1.61. The third-order valence-electron chi connectivity index (χ3n) is 2.08. The van der Waals surface area contributed by atoms with Crippen LogP contribution in [0.1, 0.15) is 33.0 Å². The fourth-order valence-corrected chi connectivity index (χ4v) is 1.25. The van der Waals surface area contributed by atoms with Crippen LogP contribution in [0.2, 0.25) is 0 Å². The van der Waals surface area contributed by atoms with E-state index in [1.54, 1.807) is 0 Å². The molecule has 0 spiro atoms. The van der Waals surface area contributed by atoms with Crippen LogP contribution in [0.4, 0.5) is 0 Å². The Bertz CT molecular complexity index is 260. The van der Waals surface area contributed by atoms with Gasteiger partial charge in [-0.1, -0.05) is 6.92 Å². The minimum absolute atomic E-state index is 0.588. The molecule has 1 heterocycles. The van der Waals surface area contributed by atoms with Crippen LogP contribution in [0.15, 0.2) is 12.4 Å². The lowest BCUT2D eigenvalue weighted by Gasteiger charge is -2.17. The lowest BCUT2D eigenvalue weighted by atomic mass is 10.1. The van der Waals surface area contributed by atoms with Gasteiger partial charge in [-0.25, -0.2) is 4.98 Å².